The minimum atomic E-state index is 0. The van der Waals surface area contributed by atoms with E-state index in [4.69, 9.17) is 0 Å². The van der Waals surface area contributed by atoms with Gasteiger partial charge in [-0.1, -0.05) is 0 Å². The zero-order chi connectivity index (χ0) is 17.9. The zero-order valence-corrected chi connectivity index (χ0v) is 19.1. The maximum atomic E-state index is 4.56. The third-order valence-electron chi connectivity index (χ3n) is 6.29. The lowest BCUT2D eigenvalue weighted by Gasteiger charge is -2.27. The number of aromatic nitrogens is 3. The van der Waals surface area contributed by atoms with Crippen molar-refractivity contribution in [2.24, 2.45) is 16.8 Å². The maximum Gasteiger partial charge on any atom is 0.193 e. The van der Waals surface area contributed by atoms with Gasteiger partial charge in [0.2, 0.25) is 0 Å². The summed E-state index contributed by atoms with van der Waals surface area (Å²) in [4.78, 5) is 9.66. The monoisotopic (exact) mass is 487 g/mol. The standard InChI is InChI=1S/C19H33N7.HI/c1-15-22-23-18-6-5-16(14-26(15)18)11-21-19(20-2)25-10-7-17(13-25)12-24-8-3-4-9-24;/h16-17H,3-14H2,1-2H3,(H,20,21);1H. The Morgan fingerprint density at radius 3 is 2.70 bits per heavy atom. The van der Waals surface area contributed by atoms with Crippen LogP contribution in [-0.2, 0) is 13.0 Å². The van der Waals surface area contributed by atoms with Gasteiger partial charge in [-0.05, 0) is 57.5 Å². The fourth-order valence-electron chi connectivity index (χ4n) is 4.77. The quantitative estimate of drug-likeness (QED) is 0.399. The smallest absolute Gasteiger partial charge is 0.193 e. The highest BCUT2D eigenvalue weighted by molar-refractivity contribution is 14.0. The molecule has 2 atom stereocenters. The number of nitrogens with zero attached hydrogens (tertiary/aromatic N) is 6. The Morgan fingerprint density at radius 2 is 1.93 bits per heavy atom. The van der Waals surface area contributed by atoms with Crippen molar-refractivity contribution in [2.75, 3.05) is 46.3 Å². The number of rotatable bonds is 4. The summed E-state index contributed by atoms with van der Waals surface area (Å²) >= 11 is 0. The van der Waals surface area contributed by atoms with E-state index in [2.05, 4.69) is 41.8 Å². The SMILES string of the molecule is CN=C(NCC1CCc2nnc(C)n2C1)N1CCC(CN2CCCC2)C1.I. The number of fused-ring (bicyclic) bond motifs is 1. The number of hydrogen-bond acceptors (Lipinski definition) is 4. The van der Waals surface area contributed by atoms with E-state index in [-0.39, 0.29) is 24.0 Å². The van der Waals surface area contributed by atoms with Gasteiger partial charge in [-0.15, -0.1) is 34.2 Å². The summed E-state index contributed by atoms with van der Waals surface area (Å²) in [5, 5.41) is 12.1. The molecular weight excluding hydrogens is 453 g/mol. The minimum Gasteiger partial charge on any atom is -0.356 e. The molecule has 1 N–H and O–H groups in total. The highest BCUT2D eigenvalue weighted by atomic mass is 127. The van der Waals surface area contributed by atoms with E-state index in [1.807, 2.05) is 7.05 Å². The van der Waals surface area contributed by atoms with Crippen LogP contribution >= 0.6 is 24.0 Å². The van der Waals surface area contributed by atoms with Crippen LogP contribution in [0.2, 0.25) is 0 Å². The molecule has 1 aromatic rings. The molecule has 0 aromatic carbocycles. The van der Waals surface area contributed by atoms with Crippen LogP contribution in [0.4, 0.5) is 0 Å². The summed E-state index contributed by atoms with van der Waals surface area (Å²) in [5.74, 6) is 4.69. The van der Waals surface area contributed by atoms with Gasteiger partial charge in [-0.25, -0.2) is 0 Å². The summed E-state index contributed by atoms with van der Waals surface area (Å²) in [6, 6.07) is 0. The second-order valence-corrected chi connectivity index (χ2v) is 8.22. The lowest BCUT2D eigenvalue weighted by Crippen LogP contribution is -2.43. The second kappa shape index (κ2) is 9.54. The number of aliphatic imine (C=N–C) groups is 1. The van der Waals surface area contributed by atoms with Gasteiger partial charge in [0.25, 0.3) is 0 Å². The molecule has 0 saturated carbocycles. The van der Waals surface area contributed by atoms with Gasteiger partial charge in [-0.2, -0.15) is 0 Å². The third kappa shape index (κ3) is 4.93. The van der Waals surface area contributed by atoms with Crippen molar-refractivity contribution in [2.45, 2.75) is 45.6 Å². The fourth-order valence-corrected chi connectivity index (χ4v) is 4.77. The Balaban J connectivity index is 0.00000210. The molecule has 1 aromatic heterocycles. The van der Waals surface area contributed by atoms with E-state index >= 15 is 0 Å². The van der Waals surface area contributed by atoms with E-state index in [1.165, 1.54) is 45.3 Å². The Morgan fingerprint density at radius 1 is 1.11 bits per heavy atom. The maximum absolute atomic E-state index is 4.56. The predicted molar refractivity (Wildman–Crippen MR) is 119 cm³/mol. The number of halogens is 1. The summed E-state index contributed by atoms with van der Waals surface area (Å²) in [7, 11) is 1.92. The highest BCUT2D eigenvalue weighted by Gasteiger charge is 2.28. The first-order valence-corrected chi connectivity index (χ1v) is 10.3. The Labute approximate surface area is 180 Å². The van der Waals surface area contributed by atoms with Crippen molar-refractivity contribution in [3.05, 3.63) is 11.6 Å². The number of hydrogen-bond donors (Lipinski definition) is 1. The molecule has 2 unspecified atom stereocenters. The van der Waals surface area contributed by atoms with Gasteiger partial charge < -0.3 is 19.7 Å². The first-order valence-electron chi connectivity index (χ1n) is 10.3. The molecule has 0 aliphatic carbocycles. The van der Waals surface area contributed by atoms with E-state index in [1.54, 1.807) is 0 Å². The van der Waals surface area contributed by atoms with Crippen molar-refractivity contribution in [1.29, 1.82) is 0 Å². The molecule has 2 fully saturated rings. The van der Waals surface area contributed by atoms with E-state index in [0.29, 0.717) is 5.92 Å². The Bertz CT molecular complexity index is 638. The predicted octanol–water partition coefficient (Wildman–Crippen LogP) is 1.76. The van der Waals surface area contributed by atoms with Crippen LogP contribution in [0.1, 0.15) is 37.3 Å². The molecular formula is C19H34IN7. The van der Waals surface area contributed by atoms with Crippen LogP contribution in [0.15, 0.2) is 4.99 Å². The van der Waals surface area contributed by atoms with Gasteiger partial charge in [0.05, 0.1) is 0 Å². The molecule has 0 amide bonds. The number of aryl methyl sites for hydroxylation is 2. The lowest BCUT2D eigenvalue weighted by molar-refractivity contribution is 0.280. The average Bonchev–Trinajstić information content (AvgIpc) is 3.39. The lowest BCUT2D eigenvalue weighted by atomic mass is 9.99. The summed E-state index contributed by atoms with van der Waals surface area (Å²) in [6.45, 7) is 10.2. The molecule has 3 aliphatic heterocycles. The second-order valence-electron chi connectivity index (χ2n) is 8.22. The zero-order valence-electron chi connectivity index (χ0n) is 16.7. The van der Waals surface area contributed by atoms with Gasteiger partial charge in [0, 0.05) is 46.2 Å². The summed E-state index contributed by atoms with van der Waals surface area (Å²) in [6.07, 6.45) is 6.28. The Kier molecular flexibility index (Phi) is 7.35. The van der Waals surface area contributed by atoms with Crippen molar-refractivity contribution >= 4 is 29.9 Å². The van der Waals surface area contributed by atoms with Crippen molar-refractivity contribution in [3.63, 3.8) is 0 Å². The molecule has 2 saturated heterocycles. The average molecular weight is 487 g/mol. The van der Waals surface area contributed by atoms with Crippen LogP contribution in [0.25, 0.3) is 0 Å². The molecule has 3 aliphatic rings. The minimum absolute atomic E-state index is 0. The molecule has 7 nitrogen and oxygen atoms in total. The first kappa shape index (κ1) is 20.8. The van der Waals surface area contributed by atoms with E-state index < -0.39 is 0 Å². The molecule has 4 heterocycles. The van der Waals surface area contributed by atoms with Crippen molar-refractivity contribution in [1.82, 2.24) is 29.9 Å². The first-order chi connectivity index (χ1) is 12.7. The topological polar surface area (TPSA) is 61.6 Å². The molecule has 0 radical (unpaired) electrons. The largest absolute Gasteiger partial charge is 0.356 e. The number of likely N-dealkylation sites (tertiary alicyclic amines) is 2. The molecule has 27 heavy (non-hydrogen) atoms. The highest BCUT2D eigenvalue weighted by Crippen LogP contribution is 2.21. The molecule has 0 spiro atoms. The van der Waals surface area contributed by atoms with Crippen LogP contribution in [0, 0.1) is 18.8 Å². The third-order valence-corrected chi connectivity index (χ3v) is 6.29. The van der Waals surface area contributed by atoms with Gasteiger partial charge in [-0.3, -0.25) is 4.99 Å². The van der Waals surface area contributed by atoms with Gasteiger partial charge in [0.1, 0.15) is 11.6 Å². The van der Waals surface area contributed by atoms with Gasteiger partial charge in [0.15, 0.2) is 5.96 Å². The number of guanidine groups is 1. The Hall–Kier alpha value is -0.900. The summed E-state index contributed by atoms with van der Waals surface area (Å²) < 4.78 is 2.28. The van der Waals surface area contributed by atoms with E-state index in [0.717, 1.165) is 56.1 Å². The fraction of sp³-hybridized carbons (Fsp3) is 0.842. The van der Waals surface area contributed by atoms with Crippen LogP contribution in [0.5, 0.6) is 0 Å². The van der Waals surface area contributed by atoms with E-state index in [9.17, 15) is 0 Å². The number of nitrogens with one attached hydrogen (secondary N) is 1. The van der Waals surface area contributed by atoms with Crippen LogP contribution in [-0.4, -0.2) is 76.8 Å². The normalized spacial score (nSPS) is 26.1. The van der Waals surface area contributed by atoms with Crippen LogP contribution in [0.3, 0.4) is 0 Å². The van der Waals surface area contributed by atoms with Gasteiger partial charge >= 0.3 is 0 Å². The van der Waals surface area contributed by atoms with Crippen molar-refractivity contribution in [3.8, 4) is 0 Å². The summed E-state index contributed by atoms with van der Waals surface area (Å²) in [5.41, 5.74) is 0. The molecule has 152 valence electrons. The van der Waals surface area contributed by atoms with Crippen molar-refractivity contribution < 1.29 is 0 Å². The molecule has 4 rings (SSSR count). The molecule has 8 heteroatoms. The van der Waals surface area contributed by atoms with Crippen LogP contribution < -0.4 is 5.32 Å². The molecule has 0 bridgehead atoms.